The Morgan fingerprint density at radius 1 is 1.29 bits per heavy atom. The number of carbonyl (C=O) groups is 2. The Morgan fingerprint density at radius 3 is 2.18 bits per heavy atom. The number of carboxylic acid groups (broad SMARTS) is 1. The molecule has 0 aliphatic rings. The summed E-state index contributed by atoms with van der Waals surface area (Å²) in [6, 6.07) is -1.16. The zero-order valence-electron chi connectivity index (χ0n) is 11.4. The average molecular weight is 244 g/mol. The van der Waals surface area contributed by atoms with Gasteiger partial charge in [0.05, 0.1) is 0 Å². The number of amides is 2. The first-order valence-corrected chi connectivity index (χ1v) is 6.04. The highest BCUT2D eigenvalue weighted by Gasteiger charge is 2.24. The fourth-order valence-corrected chi connectivity index (χ4v) is 1.44. The third-order valence-corrected chi connectivity index (χ3v) is 2.84. The molecule has 0 spiro atoms. The van der Waals surface area contributed by atoms with E-state index >= 15 is 0 Å². The van der Waals surface area contributed by atoms with Gasteiger partial charge in [0.25, 0.3) is 0 Å². The number of nitrogens with one attached hydrogen (secondary N) is 1. The number of urea groups is 1. The van der Waals surface area contributed by atoms with Crippen molar-refractivity contribution in [3.8, 4) is 0 Å². The fourth-order valence-electron chi connectivity index (χ4n) is 1.44. The zero-order chi connectivity index (χ0) is 13.6. The Hall–Kier alpha value is -1.26. The van der Waals surface area contributed by atoms with Crippen LogP contribution in [0.4, 0.5) is 4.79 Å². The third-order valence-electron chi connectivity index (χ3n) is 2.84. The molecule has 2 N–H and O–H groups in total. The lowest BCUT2D eigenvalue weighted by Gasteiger charge is -2.25. The molecule has 0 radical (unpaired) electrons. The SMILES string of the molecule is CCC(C)CN(C)C(=O)N[C@H](C(=O)O)C(C)C. The predicted molar refractivity (Wildman–Crippen MR) is 66.9 cm³/mol. The average Bonchev–Trinajstić information content (AvgIpc) is 2.23. The summed E-state index contributed by atoms with van der Waals surface area (Å²) in [6.07, 6.45) is 0.990. The van der Waals surface area contributed by atoms with Gasteiger partial charge in [-0.3, -0.25) is 0 Å². The van der Waals surface area contributed by atoms with Crippen molar-refractivity contribution in [1.29, 1.82) is 0 Å². The van der Waals surface area contributed by atoms with Gasteiger partial charge in [-0.1, -0.05) is 34.1 Å². The van der Waals surface area contributed by atoms with E-state index in [9.17, 15) is 9.59 Å². The first-order chi connectivity index (χ1) is 7.79. The highest BCUT2D eigenvalue weighted by atomic mass is 16.4. The van der Waals surface area contributed by atoms with Crippen LogP contribution in [0.15, 0.2) is 0 Å². The van der Waals surface area contributed by atoms with Gasteiger partial charge in [0.2, 0.25) is 0 Å². The molecule has 0 aliphatic heterocycles. The third kappa shape index (κ3) is 5.56. The molecule has 5 nitrogen and oxygen atoms in total. The lowest BCUT2D eigenvalue weighted by molar-refractivity contribution is -0.140. The number of hydrogen-bond acceptors (Lipinski definition) is 2. The molecule has 0 saturated carbocycles. The second kappa shape index (κ2) is 7.14. The van der Waals surface area contributed by atoms with Crippen molar-refractivity contribution < 1.29 is 14.7 Å². The summed E-state index contributed by atoms with van der Waals surface area (Å²) in [5.74, 6) is -0.716. The van der Waals surface area contributed by atoms with Crippen LogP contribution in [0, 0.1) is 11.8 Å². The van der Waals surface area contributed by atoms with Crippen LogP contribution in [0.3, 0.4) is 0 Å². The molecule has 0 saturated heterocycles. The number of hydrogen-bond donors (Lipinski definition) is 2. The number of carboxylic acids is 1. The Balaban J connectivity index is 4.36. The molecule has 1 unspecified atom stereocenters. The second-order valence-electron chi connectivity index (χ2n) is 4.90. The summed E-state index contributed by atoms with van der Waals surface area (Å²) in [4.78, 5) is 24.2. The van der Waals surface area contributed by atoms with Gasteiger partial charge in [0.15, 0.2) is 0 Å². The maximum atomic E-state index is 11.8. The van der Waals surface area contributed by atoms with Crippen LogP contribution in [0.5, 0.6) is 0 Å². The molecule has 17 heavy (non-hydrogen) atoms. The molecule has 100 valence electrons. The molecule has 0 bridgehead atoms. The van der Waals surface area contributed by atoms with Crippen LogP contribution >= 0.6 is 0 Å². The van der Waals surface area contributed by atoms with E-state index in [0.29, 0.717) is 12.5 Å². The van der Waals surface area contributed by atoms with E-state index in [4.69, 9.17) is 5.11 Å². The second-order valence-corrected chi connectivity index (χ2v) is 4.90. The molecule has 5 heteroatoms. The van der Waals surface area contributed by atoms with Gasteiger partial charge in [-0.25, -0.2) is 9.59 Å². The van der Waals surface area contributed by atoms with E-state index in [1.807, 2.05) is 0 Å². The molecular formula is C12H24N2O3. The minimum atomic E-state index is -0.995. The highest BCUT2D eigenvalue weighted by molar-refractivity contribution is 5.82. The quantitative estimate of drug-likeness (QED) is 0.748. The topological polar surface area (TPSA) is 69.6 Å². The van der Waals surface area contributed by atoms with Crippen molar-refractivity contribution >= 4 is 12.0 Å². The van der Waals surface area contributed by atoms with Crippen molar-refractivity contribution in [2.75, 3.05) is 13.6 Å². The normalized spacial score (nSPS) is 14.2. The lowest BCUT2D eigenvalue weighted by atomic mass is 10.1. The number of nitrogens with zero attached hydrogens (tertiary/aromatic N) is 1. The fraction of sp³-hybridized carbons (Fsp3) is 0.833. The number of rotatable bonds is 6. The van der Waals surface area contributed by atoms with Crippen molar-refractivity contribution in [2.45, 2.75) is 40.2 Å². The number of aliphatic carboxylic acids is 1. The largest absolute Gasteiger partial charge is 0.480 e. The predicted octanol–water partition coefficient (Wildman–Crippen LogP) is 1.78. The summed E-state index contributed by atoms with van der Waals surface area (Å²) in [5, 5.41) is 11.5. The van der Waals surface area contributed by atoms with Crippen LogP contribution in [-0.2, 0) is 4.79 Å². The summed E-state index contributed by atoms with van der Waals surface area (Å²) >= 11 is 0. The Morgan fingerprint density at radius 2 is 1.82 bits per heavy atom. The van der Waals surface area contributed by atoms with E-state index in [1.165, 1.54) is 4.90 Å². The van der Waals surface area contributed by atoms with Gasteiger partial charge in [-0.05, 0) is 11.8 Å². The van der Waals surface area contributed by atoms with Gasteiger partial charge in [0.1, 0.15) is 6.04 Å². The van der Waals surface area contributed by atoms with Crippen molar-refractivity contribution in [2.24, 2.45) is 11.8 Å². The summed E-state index contributed by atoms with van der Waals surface area (Å²) in [6.45, 7) is 8.29. The maximum absolute atomic E-state index is 11.8. The highest BCUT2D eigenvalue weighted by Crippen LogP contribution is 2.05. The first kappa shape index (κ1) is 15.7. The standard InChI is InChI=1S/C12H24N2O3/c1-6-9(4)7-14(5)12(17)13-10(8(2)3)11(15)16/h8-10H,6-7H2,1-5H3,(H,13,17)(H,15,16)/t9?,10-/m0/s1. The van der Waals surface area contributed by atoms with E-state index < -0.39 is 12.0 Å². The van der Waals surface area contributed by atoms with Crippen LogP contribution < -0.4 is 5.32 Å². The molecule has 0 heterocycles. The van der Waals surface area contributed by atoms with E-state index in [2.05, 4.69) is 19.2 Å². The molecule has 2 atom stereocenters. The maximum Gasteiger partial charge on any atom is 0.326 e. The smallest absolute Gasteiger partial charge is 0.326 e. The molecule has 0 aromatic heterocycles. The van der Waals surface area contributed by atoms with E-state index in [-0.39, 0.29) is 11.9 Å². The van der Waals surface area contributed by atoms with Crippen LogP contribution in [0.2, 0.25) is 0 Å². The molecule has 0 aromatic carbocycles. The van der Waals surface area contributed by atoms with Crippen LogP contribution in [-0.4, -0.2) is 41.6 Å². The number of carbonyl (C=O) groups excluding carboxylic acids is 1. The Labute approximate surface area is 103 Å². The van der Waals surface area contributed by atoms with Gasteiger partial charge in [-0.15, -0.1) is 0 Å². The molecule has 2 amide bonds. The van der Waals surface area contributed by atoms with Crippen LogP contribution in [0.1, 0.15) is 34.1 Å². The van der Waals surface area contributed by atoms with Gasteiger partial charge >= 0.3 is 12.0 Å². The summed E-state index contributed by atoms with van der Waals surface area (Å²) in [7, 11) is 1.68. The van der Waals surface area contributed by atoms with E-state index in [0.717, 1.165) is 6.42 Å². The molecular weight excluding hydrogens is 220 g/mol. The van der Waals surface area contributed by atoms with Crippen LogP contribution in [0.25, 0.3) is 0 Å². The van der Waals surface area contributed by atoms with Crippen molar-refractivity contribution in [3.05, 3.63) is 0 Å². The van der Waals surface area contributed by atoms with Gasteiger partial charge in [0, 0.05) is 13.6 Å². The van der Waals surface area contributed by atoms with Gasteiger partial charge < -0.3 is 15.3 Å². The summed E-state index contributed by atoms with van der Waals surface area (Å²) in [5.41, 5.74) is 0. The Bertz CT molecular complexity index is 266. The summed E-state index contributed by atoms with van der Waals surface area (Å²) < 4.78 is 0. The van der Waals surface area contributed by atoms with Crippen molar-refractivity contribution in [3.63, 3.8) is 0 Å². The monoisotopic (exact) mass is 244 g/mol. The first-order valence-electron chi connectivity index (χ1n) is 6.04. The minimum absolute atomic E-state index is 0.131. The van der Waals surface area contributed by atoms with E-state index in [1.54, 1.807) is 20.9 Å². The minimum Gasteiger partial charge on any atom is -0.480 e. The zero-order valence-corrected chi connectivity index (χ0v) is 11.4. The Kier molecular flexibility index (Phi) is 6.61. The molecule has 0 aromatic rings. The van der Waals surface area contributed by atoms with Crippen molar-refractivity contribution in [1.82, 2.24) is 10.2 Å². The molecule has 0 aliphatic carbocycles. The molecule has 0 fully saturated rings. The lowest BCUT2D eigenvalue weighted by Crippen LogP contribution is -2.49. The van der Waals surface area contributed by atoms with Gasteiger partial charge in [-0.2, -0.15) is 0 Å². The molecule has 0 rings (SSSR count).